The average molecular weight is 427 g/mol. The molecule has 1 atom stereocenters. The van der Waals surface area contributed by atoms with Crippen LogP contribution in [-0.2, 0) is 9.84 Å². The lowest BCUT2D eigenvalue weighted by atomic mass is 9.95. The van der Waals surface area contributed by atoms with Crippen LogP contribution in [0.5, 0.6) is 0 Å². The Hall–Kier alpha value is -4.09. The van der Waals surface area contributed by atoms with Crippen molar-refractivity contribution in [3.63, 3.8) is 0 Å². The largest absolute Gasteiger partial charge is 0.340 e. The Morgan fingerprint density at radius 3 is 2.45 bits per heavy atom. The predicted molar refractivity (Wildman–Crippen MR) is 111 cm³/mol. The minimum absolute atomic E-state index is 0.00694. The molecule has 0 aliphatic carbocycles. The van der Waals surface area contributed by atoms with Crippen LogP contribution >= 0.6 is 0 Å². The second kappa shape index (κ2) is 6.72. The van der Waals surface area contributed by atoms with E-state index in [1.54, 1.807) is 30.3 Å². The molecule has 2 heterocycles. The number of carbonyl (C=O) groups is 2. The van der Waals surface area contributed by atoms with Crippen LogP contribution in [0.1, 0.15) is 38.0 Å². The highest BCUT2D eigenvalue weighted by atomic mass is 32.2. The normalized spacial score (nSPS) is 15.0. The quantitative estimate of drug-likeness (QED) is 0.440. The van der Waals surface area contributed by atoms with E-state index in [0.717, 1.165) is 0 Å². The number of imidazole rings is 1. The van der Waals surface area contributed by atoms with Gasteiger partial charge in [-0.1, -0.05) is 30.3 Å². The number of carbonyl (C=O) groups excluding carboxylic acids is 2. The number of para-hydroxylation sites is 2. The summed E-state index contributed by atoms with van der Waals surface area (Å²) < 4.78 is 26.2. The highest BCUT2D eigenvalue weighted by Crippen LogP contribution is 2.35. The first-order chi connectivity index (χ1) is 14.9. The van der Waals surface area contributed by atoms with Crippen molar-refractivity contribution in [2.45, 2.75) is 15.7 Å². The molecule has 0 spiro atoms. The monoisotopic (exact) mass is 427 g/mol. The van der Waals surface area contributed by atoms with Crippen LogP contribution in [0, 0.1) is 11.3 Å². The van der Waals surface area contributed by atoms with E-state index >= 15 is 0 Å². The maximum atomic E-state index is 13.1. The topological polar surface area (TPSA) is 121 Å². The Kier molecular flexibility index (Phi) is 4.10. The van der Waals surface area contributed by atoms with E-state index < -0.39 is 27.3 Å². The van der Waals surface area contributed by atoms with E-state index in [9.17, 15) is 23.3 Å². The fourth-order valence-corrected chi connectivity index (χ4v) is 5.43. The lowest BCUT2D eigenvalue weighted by molar-refractivity contribution is 0.0973. The second-order valence-electron chi connectivity index (χ2n) is 7.11. The van der Waals surface area contributed by atoms with Crippen molar-refractivity contribution < 1.29 is 18.0 Å². The fourth-order valence-electron chi connectivity index (χ4n) is 3.76. The number of nitriles is 1. The molecule has 5 rings (SSSR count). The molecular weight excluding hydrogens is 414 g/mol. The zero-order chi connectivity index (χ0) is 21.8. The molecule has 0 radical (unpaired) electrons. The van der Waals surface area contributed by atoms with Gasteiger partial charge in [-0.3, -0.25) is 9.59 Å². The van der Waals surface area contributed by atoms with Gasteiger partial charge in [0.05, 0.1) is 26.9 Å². The Balaban J connectivity index is 1.60. The first-order valence-electron chi connectivity index (χ1n) is 9.33. The number of sulfone groups is 1. The first kappa shape index (κ1) is 18.9. The van der Waals surface area contributed by atoms with Crippen LogP contribution in [0.25, 0.3) is 11.0 Å². The lowest BCUT2D eigenvalue weighted by Crippen LogP contribution is -2.21. The van der Waals surface area contributed by atoms with E-state index in [-0.39, 0.29) is 32.3 Å². The Bertz CT molecular complexity index is 1530. The van der Waals surface area contributed by atoms with Crippen molar-refractivity contribution >= 4 is 32.4 Å². The maximum Gasteiger partial charge on any atom is 0.208 e. The van der Waals surface area contributed by atoms with Gasteiger partial charge in [0.2, 0.25) is 9.84 Å². The molecule has 1 aromatic heterocycles. The van der Waals surface area contributed by atoms with E-state index in [1.165, 1.54) is 36.4 Å². The van der Waals surface area contributed by atoms with Crippen LogP contribution < -0.4 is 0 Å². The number of hydrogen-bond acceptors (Lipinski definition) is 6. The van der Waals surface area contributed by atoms with Crippen LogP contribution in [-0.4, -0.2) is 30.0 Å². The average Bonchev–Trinajstić information content (AvgIpc) is 3.21. The third kappa shape index (κ3) is 2.79. The summed E-state index contributed by atoms with van der Waals surface area (Å²) >= 11 is 0. The van der Waals surface area contributed by atoms with E-state index in [4.69, 9.17) is 0 Å². The molecule has 0 amide bonds. The Labute approximate surface area is 176 Å². The van der Waals surface area contributed by atoms with Gasteiger partial charge >= 0.3 is 0 Å². The Morgan fingerprint density at radius 1 is 0.968 bits per heavy atom. The Morgan fingerprint density at radius 2 is 1.68 bits per heavy atom. The number of ketones is 2. The third-order valence-electron chi connectivity index (χ3n) is 5.29. The van der Waals surface area contributed by atoms with Gasteiger partial charge in [-0.2, -0.15) is 5.26 Å². The predicted octanol–water partition coefficient (Wildman–Crippen LogP) is 3.43. The van der Waals surface area contributed by atoms with Crippen molar-refractivity contribution in [1.29, 1.82) is 5.26 Å². The van der Waals surface area contributed by atoms with Crippen LogP contribution in [0.3, 0.4) is 0 Å². The van der Waals surface area contributed by atoms with Gasteiger partial charge in [0.25, 0.3) is 0 Å². The molecule has 8 heteroatoms. The summed E-state index contributed by atoms with van der Waals surface area (Å²) in [6.45, 7) is 0. The standard InChI is InChI=1S/C23H13N3O4S/c24-12-16(23-25-17-6-2-3-7-18(17)26-23)21(27)13-9-10-15-20(11-13)31(29,30)19-8-4-1-5-14(19)22(15)28/h1-11,16H,(H,25,26). The summed E-state index contributed by atoms with van der Waals surface area (Å²) in [5.41, 5.74) is 1.42. The summed E-state index contributed by atoms with van der Waals surface area (Å²) in [5, 5.41) is 9.65. The number of rotatable bonds is 3. The molecule has 0 saturated heterocycles. The maximum absolute atomic E-state index is 13.1. The second-order valence-corrected chi connectivity index (χ2v) is 8.99. The van der Waals surface area contributed by atoms with Crippen LogP contribution in [0.4, 0.5) is 0 Å². The molecule has 0 saturated carbocycles. The van der Waals surface area contributed by atoms with Crippen LogP contribution in [0.15, 0.2) is 76.5 Å². The zero-order valence-corrected chi connectivity index (χ0v) is 16.7. The van der Waals surface area contributed by atoms with Crippen molar-refractivity contribution in [2.75, 3.05) is 0 Å². The van der Waals surface area contributed by atoms with E-state index in [0.29, 0.717) is 11.0 Å². The van der Waals surface area contributed by atoms with E-state index in [1.807, 2.05) is 6.07 Å². The van der Waals surface area contributed by atoms with Crippen molar-refractivity contribution in [1.82, 2.24) is 9.97 Å². The molecule has 4 aromatic rings. The first-order valence-corrected chi connectivity index (χ1v) is 10.8. The number of H-pyrrole nitrogens is 1. The van der Waals surface area contributed by atoms with Crippen LogP contribution in [0.2, 0.25) is 0 Å². The molecule has 150 valence electrons. The number of nitrogens with one attached hydrogen (secondary N) is 1. The smallest absolute Gasteiger partial charge is 0.208 e. The minimum atomic E-state index is -3.99. The molecule has 3 aromatic carbocycles. The SMILES string of the molecule is N#CC(C(=O)c1ccc2c(c1)S(=O)(=O)c1ccccc1C2=O)c1nc2ccccc2[nH]1. The number of aromatic amines is 1. The van der Waals surface area contributed by atoms with Gasteiger partial charge < -0.3 is 4.98 Å². The van der Waals surface area contributed by atoms with Crippen molar-refractivity contribution in [2.24, 2.45) is 0 Å². The lowest BCUT2D eigenvalue weighted by Gasteiger charge is -2.19. The zero-order valence-electron chi connectivity index (χ0n) is 15.9. The van der Waals surface area contributed by atoms with Crippen molar-refractivity contribution in [3.05, 3.63) is 89.2 Å². The number of aromatic nitrogens is 2. The molecule has 1 N–H and O–H groups in total. The number of fused-ring (bicyclic) bond motifs is 3. The summed E-state index contributed by atoms with van der Waals surface area (Å²) in [6, 6.07) is 18.9. The summed E-state index contributed by atoms with van der Waals surface area (Å²) in [5.74, 6) is -2.10. The molecule has 1 aliphatic heterocycles. The van der Waals surface area contributed by atoms with Gasteiger partial charge in [0.15, 0.2) is 17.5 Å². The molecule has 1 unspecified atom stereocenters. The molecule has 7 nitrogen and oxygen atoms in total. The number of Topliss-reactive ketones (excluding diaryl/α,β-unsaturated/α-hetero) is 1. The van der Waals surface area contributed by atoms with Gasteiger partial charge in [-0.25, -0.2) is 13.4 Å². The summed E-state index contributed by atoms with van der Waals surface area (Å²) in [6.07, 6.45) is 0. The van der Waals surface area contributed by atoms with E-state index in [2.05, 4.69) is 9.97 Å². The molecule has 1 aliphatic rings. The summed E-state index contributed by atoms with van der Waals surface area (Å²) in [7, 11) is -3.99. The van der Waals surface area contributed by atoms with Crippen molar-refractivity contribution in [3.8, 4) is 6.07 Å². The number of nitrogens with zero attached hydrogens (tertiary/aromatic N) is 2. The molecule has 31 heavy (non-hydrogen) atoms. The van der Waals surface area contributed by atoms with Gasteiger partial charge in [0.1, 0.15) is 5.82 Å². The van der Waals surface area contributed by atoms with Gasteiger partial charge in [0, 0.05) is 16.7 Å². The number of benzene rings is 3. The highest BCUT2D eigenvalue weighted by molar-refractivity contribution is 7.91. The fraction of sp³-hybridized carbons (Fsp3) is 0.0435. The third-order valence-corrected chi connectivity index (χ3v) is 7.15. The highest BCUT2D eigenvalue weighted by Gasteiger charge is 2.36. The number of hydrogen-bond donors (Lipinski definition) is 1. The molecule has 0 bridgehead atoms. The molecular formula is C23H13N3O4S. The van der Waals surface area contributed by atoms with Gasteiger partial charge in [-0.05, 0) is 36.4 Å². The van der Waals surface area contributed by atoms with Gasteiger partial charge in [-0.15, -0.1) is 0 Å². The summed E-state index contributed by atoms with van der Waals surface area (Å²) in [4.78, 5) is 32.8. The molecule has 0 fully saturated rings. The minimum Gasteiger partial charge on any atom is -0.340 e.